The number of imidazole rings is 1. The molecule has 4 rings (SSSR count). The minimum Gasteiger partial charge on any atom is -0.441 e. The van der Waals surface area contributed by atoms with Gasteiger partial charge >= 0.3 is 0 Å². The first-order chi connectivity index (χ1) is 12.7. The number of nitrogens with one attached hydrogen (secondary N) is 1. The van der Waals surface area contributed by atoms with Crippen LogP contribution in [-0.2, 0) is 17.8 Å². The standard InChI is InChI=1S/C19H17N5O2/c1-13-16(23-19(26-13)14-5-3-2-4-6-14)9-18(25)22-11-15-10-21-17-12-20-7-8-24(15)17/h2-8,10,12H,9,11H2,1H3,(H,22,25). The smallest absolute Gasteiger partial charge is 0.226 e. The maximum Gasteiger partial charge on any atom is 0.226 e. The molecule has 26 heavy (non-hydrogen) atoms. The number of fused-ring (bicyclic) bond motifs is 1. The van der Waals surface area contributed by atoms with Crippen LogP contribution in [0, 0.1) is 6.92 Å². The lowest BCUT2D eigenvalue weighted by Crippen LogP contribution is -2.25. The van der Waals surface area contributed by atoms with Crippen LogP contribution in [0.15, 0.2) is 59.5 Å². The summed E-state index contributed by atoms with van der Waals surface area (Å²) >= 11 is 0. The second-order valence-electron chi connectivity index (χ2n) is 5.90. The van der Waals surface area contributed by atoms with Crippen LogP contribution in [0.4, 0.5) is 0 Å². The van der Waals surface area contributed by atoms with Gasteiger partial charge < -0.3 is 9.73 Å². The molecule has 1 aromatic carbocycles. The minimum atomic E-state index is -0.120. The fourth-order valence-electron chi connectivity index (χ4n) is 2.73. The van der Waals surface area contributed by atoms with Gasteiger partial charge in [-0.1, -0.05) is 18.2 Å². The maximum atomic E-state index is 12.3. The van der Waals surface area contributed by atoms with Crippen LogP contribution in [0.2, 0.25) is 0 Å². The van der Waals surface area contributed by atoms with Crippen molar-refractivity contribution in [3.8, 4) is 11.5 Å². The Hall–Kier alpha value is -3.48. The number of hydrogen-bond acceptors (Lipinski definition) is 5. The van der Waals surface area contributed by atoms with Crippen molar-refractivity contribution < 1.29 is 9.21 Å². The second-order valence-corrected chi connectivity index (χ2v) is 5.90. The van der Waals surface area contributed by atoms with Crippen molar-refractivity contribution in [1.82, 2.24) is 24.7 Å². The van der Waals surface area contributed by atoms with Crippen LogP contribution in [0.25, 0.3) is 17.1 Å². The van der Waals surface area contributed by atoms with E-state index in [9.17, 15) is 4.79 Å². The Bertz CT molecular complexity index is 1050. The predicted octanol–water partition coefficient (Wildman–Crippen LogP) is 2.55. The van der Waals surface area contributed by atoms with Gasteiger partial charge in [-0.2, -0.15) is 0 Å². The molecule has 0 aliphatic rings. The third-order valence-corrected chi connectivity index (χ3v) is 4.10. The first kappa shape index (κ1) is 16.0. The van der Waals surface area contributed by atoms with E-state index in [0.29, 0.717) is 23.9 Å². The zero-order chi connectivity index (χ0) is 17.9. The summed E-state index contributed by atoms with van der Waals surface area (Å²) in [6.07, 6.45) is 7.07. The zero-order valence-corrected chi connectivity index (χ0v) is 14.2. The quantitative estimate of drug-likeness (QED) is 0.600. The number of hydrogen-bond donors (Lipinski definition) is 1. The van der Waals surface area contributed by atoms with Crippen molar-refractivity contribution in [1.29, 1.82) is 0 Å². The molecule has 0 radical (unpaired) electrons. The van der Waals surface area contributed by atoms with E-state index in [-0.39, 0.29) is 12.3 Å². The molecule has 4 aromatic rings. The van der Waals surface area contributed by atoms with Gasteiger partial charge in [-0.3, -0.25) is 14.2 Å². The molecule has 0 saturated carbocycles. The molecule has 0 spiro atoms. The second kappa shape index (κ2) is 6.79. The highest BCUT2D eigenvalue weighted by atomic mass is 16.4. The van der Waals surface area contributed by atoms with E-state index in [1.165, 1.54) is 0 Å². The molecule has 3 heterocycles. The Labute approximate surface area is 149 Å². The summed E-state index contributed by atoms with van der Waals surface area (Å²) in [5.74, 6) is 1.06. The summed E-state index contributed by atoms with van der Waals surface area (Å²) in [4.78, 5) is 25.0. The van der Waals surface area contributed by atoms with Crippen molar-refractivity contribution in [2.75, 3.05) is 0 Å². The van der Waals surface area contributed by atoms with Gasteiger partial charge in [0.2, 0.25) is 11.8 Å². The molecule has 1 amide bonds. The lowest BCUT2D eigenvalue weighted by atomic mass is 10.2. The topological polar surface area (TPSA) is 85.3 Å². The fourth-order valence-corrected chi connectivity index (χ4v) is 2.73. The number of benzene rings is 1. The lowest BCUT2D eigenvalue weighted by molar-refractivity contribution is -0.120. The Kier molecular flexibility index (Phi) is 4.18. The lowest BCUT2D eigenvalue weighted by Gasteiger charge is -2.04. The van der Waals surface area contributed by atoms with Crippen LogP contribution < -0.4 is 5.32 Å². The van der Waals surface area contributed by atoms with Gasteiger partial charge in [-0.15, -0.1) is 0 Å². The Balaban J connectivity index is 1.43. The van der Waals surface area contributed by atoms with Crippen molar-refractivity contribution in [3.05, 3.63) is 72.3 Å². The number of carbonyl (C=O) groups is 1. The van der Waals surface area contributed by atoms with E-state index in [0.717, 1.165) is 16.9 Å². The van der Waals surface area contributed by atoms with Crippen LogP contribution in [0.3, 0.4) is 0 Å². The molecule has 0 saturated heterocycles. The largest absolute Gasteiger partial charge is 0.441 e. The average Bonchev–Trinajstić information content (AvgIpc) is 3.25. The first-order valence-electron chi connectivity index (χ1n) is 8.25. The molecule has 7 nitrogen and oxygen atoms in total. The van der Waals surface area contributed by atoms with Gasteiger partial charge in [-0.25, -0.2) is 9.97 Å². The number of aryl methyl sites for hydroxylation is 1. The van der Waals surface area contributed by atoms with Gasteiger partial charge in [-0.05, 0) is 19.1 Å². The summed E-state index contributed by atoms with van der Waals surface area (Å²) in [5, 5.41) is 2.90. The van der Waals surface area contributed by atoms with Gasteiger partial charge in [0.1, 0.15) is 5.76 Å². The Morgan fingerprint density at radius 2 is 2.08 bits per heavy atom. The van der Waals surface area contributed by atoms with Crippen LogP contribution in [0.5, 0.6) is 0 Å². The van der Waals surface area contributed by atoms with E-state index < -0.39 is 0 Å². The highest BCUT2D eigenvalue weighted by molar-refractivity contribution is 5.78. The molecule has 0 aliphatic heterocycles. The summed E-state index contributed by atoms with van der Waals surface area (Å²) in [6.45, 7) is 2.20. The van der Waals surface area contributed by atoms with Crippen molar-refractivity contribution in [2.45, 2.75) is 19.9 Å². The van der Waals surface area contributed by atoms with E-state index >= 15 is 0 Å². The fraction of sp³-hybridized carbons (Fsp3) is 0.158. The van der Waals surface area contributed by atoms with E-state index in [1.54, 1.807) is 18.6 Å². The van der Waals surface area contributed by atoms with E-state index in [2.05, 4.69) is 20.3 Å². The van der Waals surface area contributed by atoms with Gasteiger partial charge in [0.05, 0.1) is 36.7 Å². The van der Waals surface area contributed by atoms with Gasteiger partial charge in [0, 0.05) is 18.0 Å². The summed E-state index contributed by atoms with van der Waals surface area (Å²) in [7, 11) is 0. The molecule has 0 unspecified atom stereocenters. The van der Waals surface area contributed by atoms with Crippen LogP contribution >= 0.6 is 0 Å². The monoisotopic (exact) mass is 347 g/mol. The van der Waals surface area contributed by atoms with E-state index in [4.69, 9.17) is 4.42 Å². The first-order valence-corrected chi connectivity index (χ1v) is 8.25. The summed E-state index contributed by atoms with van der Waals surface area (Å²) in [5.41, 5.74) is 3.17. The third-order valence-electron chi connectivity index (χ3n) is 4.10. The van der Waals surface area contributed by atoms with E-state index in [1.807, 2.05) is 47.9 Å². The van der Waals surface area contributed by atoms with Crippen LogP contribution in [0.1, 0.15) is 17.1 Å². The average molecular weight is 347 g/mol. The van der Waals surface area contributed by atoms with Crippen molar-refractivity contribution >= 4 is 11.6 Å². The summed E-state index contributed by atoms with van der Waals surface area (Å²) < 4.78 is 7.59. The maximum absolute atomic E-state index is 12.3. The van der Waals surface area contributed by atoms with Gasteiger partial charge in [0.25, 0.3) is 0 Å². The molecular weight excluding hydrogens is 330 g/mol. The molecule has 0 atom stereocenters. The summed E-state index contributed by atoms with van der Waals surface area (Å²) in [6, 6.07) is 9.63. The van der Waals surface area contributed by atoms with Gasteiger partial charge in [0.15, 0.2) is 5.65 Å². The van der Waals surface area contributed by atoms with Crippen molar-refractivity contribution in [3.63, 3.8) is 0 Å². The molecule has 130 valence electrons. The number of carbonyl (C=O) groups excluding carboxylic acids is 1. The molecular formula is C19H17N5O2. The minimum absolute atomic E-state index is 0.120. The zero-order valence-electron chi connectivity index (χ0n) is 14.2. The SMILES string of the molecule is Cc1oc(-c2ccccc2)nc1CC(=O)NCc1cnc2cnccn12. The molecule has 1 N–H and O–H groups in total. The predicted molar refractivity (Wildman–Crippen MR) is 95.2 cm³/mol. The number of aromatic nitrogens is 4. The molecule has 3 aromatic heterocycles. The number of nitrogens with zero attached hydrogens (tertiary/aromatic N) is 4. The molecule has 7 heteroatoms. The Morgan fingerprint density at radius 1 is 1.23 bits per heavy atom. The third kappa shape index (κ3) is 3.19. The normalized spacial score (nSPS) is 11.0. The number of amides is 1. The highest BCUT2D eigenvalue weighted by Crippen LogP contribution is 2.21. The molecule has 0 bridgehead atoms. The highest BCUT2D eigenvalue weighted by Gasteiger charge is 2.15. The Morgan fingerprint density at radius 3 is 2.92 bits per heavy atom. The number of rotatable bonds is 5. The molecule has 0 fully saturated rings. The van der Waals surface area contributed by atoms with Crippen molar-refractivity contribution in [2.24, 2.45) is 0 Å². The van der Waals surface area contributed by atoms with Crippen LogP contribution in [-0.4, -0.2) is 25.3 Å². The number of oxazole rings is 1. The molecule has 0 aliphatic carbocycles.